The van der Waals surface area contributed by atoms with Crippen LogP contribution in [0.25, 0.3) is 0 Å². The van der Waals surface area contributed by atoms with E-state index < -0.39 is 0 Å². The van der Waals surface area contributed by atoms with Crippen molar-refractivity contribution in [3.8, 4) is 0 Å². The Morgan fingerprint density at radius 2 is 1.92 bits per heavy atom. The molecule has 0 aliphatic rings. The number of hydrogen-bond donors (Lipinski definition) is 0. The van der Waals surface area contributed by atoms with Gasteiger partial charge in [0.2, 0.25) is 0 Å². The molecule has 1 radical (unpaired) electrons. The van der Waals surface area contributed by atoms with Crippen LogP contribution in [0.5, 0.6) is 0 Å². The van der Waals surface area contributed by atoms with Gasteiger partial charge in [0.15, 0.2) is 0 Å². The van der Waals surface area contributed by atoms with Gasteiger partial charge in [0, 0.05) is 8.95 Å². The fraction of sp³-hybridized carbons (Fsp3) is 0.300. The highest BCUT2D eigenvalue weighted by Crippen LogP contribution is 2.24. The molecule has 0 fully saturated rings. The first-order valence-corrected chi connectivity index (χ1v) is 5.48. The van der Waals surface area contributed by atoms with Crippen molar-refractivity contribution >= 4 is 31.9 Å². The third-order valence-corrected chi connectivity index (χ3v) is 2.66. The molecule has 0 heterocycles. The summed E-state index contributed by atoms with van der Waals surface area (Å²) in [7, 11) is 0. The second-order valence-corrected chi connectivity index (χ2v) is 4.85. The second kappa shape index (κ2) is 4.43. The maximum atomic E-state index is 3.51. The molecule has 0 N–H and O–H groups in total. The standard InChI is InChI=1S/C10H11Br2/c1-7(2)5-8-3-4-9(11)6-10(8)12/h3-7H,1-2H3. The largest absolute Gasteiger partial charge is 0.0622 e. The van der Waals surface area contributed by atoms with Gasteiger partial charge in [-0.1, -0.05) is 51.8 Å². The molecule has 0 saturated carbocycles. The van der Waals surface area contributed by atoms with E-state index in [-0.39, 0.29) is 0 Å². The molecule has 0 atom stereocenters. The molecule has 1 rings (SSSR count). The maximum absolute atomic E-state index is 3.51. The third-order valence-electron chi connectivity index (χ3n) is 1.48. The van der Waals surface area contributed by atoms with Gasteiger partial charge in [-0.3, -0.25) is 0 Å². The molecule has 12 heavy (non-hydrogen) atoms. The second-order valence-electron chi connectivity index (χ2n) is 3.08. The summed E-state index contributed by atoms with van der Waals surface area (Å²) in [6, 6.07) is 6.22. The van der Waals surface area contributed by atoms with Crippen LogP contribution in [0, 0.1) is 12.3 Å². The topological polar surface area (TPSA) is 0 Å². The number of hydrogen-bond acceptors (Lipinski definition) is 0. The summed E-state index contributed by atoms with van der Waals surface area (Å²) < 4.78 is 2.25. The first-order valence-electron chi connectivity index (χ1n) is 3.89. The minimum atomic E-state index is 0.586. The summed E-state index contributed by atoms with van der Waals surface area (Å²) >= 11 is 6.93. The lowest BCUT2D eigenvalue weighted by Gasteiger charge is -2.06. The highest BCUT2D eigenvalue weighted by molar-refractivity contribution is 9.11. The van der Waals surface area contributed by atoms with E-state index in [0.29, 0.717) is 5.92 Å². The van der Waals surface area contributed by atoms with E-state index in [9.17, 15) is 0 Å². The third kappa shape index (κ3) is 2.91. The number of benzene rings is 1. The summed E-state index contributed by atoms with van der Waals surface area (Å²) in [6.45, 7) is 4.35. The lowest BCUT2D eigenvalue weighted by atomic mass is 10.0. The Bertz CT molecular complexity index is 267. The van der Waals surface area contributed by atoms with Gasteiger partial charge in [0.25, 0.3) is 0 Å². The van der Waals surface area contributed by atoms with Crippen LogP contribution < -0.4 is 0 Å². The van der Waals surface area contributed by atoms with Crippen LogP contribution in [0.3, 0.4) is 0 Å². The summed E-state index contributed by atoms with van der Waals surface area (Å²) in [4.78, 5) is 0. The van der Waals surface area contributed by atoms with Crippen molar-refractivity contribution in [3.63, 3.8) is 0 Å². The molecule has 0 saturated heterocycles. The van der Waals surface area contributed by atoms with E-state index in [2.05, 4.69) is 70.3 Å². The molecular formula is C10H11Br2. The predicted molar refractivity (Wildman–Crippen MR) is 60.1 cm³/mol. The highest BCUT2D eigenvalue weighted by Gasteiger charge is 2.02. The van der Waals surface area contributed by atoms with E-state index in [1.807, 2.05) is 0 Å². The van der Waals surface area contributed by atoms with Gasteiger partial charge < -0.3 is 0 Å². The van der Waals surface area contributed by atoms with E-state index in [0.717, 1.165) is 8.95 Å². The molecule has 0 amide bonds. The van der Waals surface area contributed by atoms with Crippen LogP contribution in [0.15, 0.2) is 27.1 Å². The van der Waals surface area contributed by atoms with Gasteiger partial charge in [-0.05, 0) is 30.0 Å². The maximum Gasteiger partial charge on any atom is 0.0221 e. The Morgan fingerprint density at radius 1 is 1.25 bits per heavy atom. The van der Waals surface area contributed by atoms with Crippen molar-refractivity contribution in [1.29, 1.82) is 0 Å². The minimum Gasteiger partial charge on any atom is -0.0622 e. The fourth-order valence-electron chi connectivity index (χ4n) is 0.996. The van der Waals surface area contributed by atoms with E-state index in [1.165, 1.54) is 5.56 Å². The molecular weight excluding hydrogens is 280 g/mol. The van der Waals surface area contributed by atoms with Crippen molar-refractivity contribution in [2.24, 2.45) is 5.92 Å². The Labute approximate surface area is 90.6 Å². The number of halogens is 2. The minimum absolute atomic E-state index is 0.586. The smallest absolute Gasteiger partial charge is 0.0221 e. The molecule has 1 aromatic carbocycles. The molecule has 0 aliphatic carbocycles. The van der Waals surface area contributed by atoms with Crippen molar-refractivity contribution in [3.05, 3.63) is 39.1 Å². The van der Waals surface area contributed by atoms with Gasteiger partial charge in [-0.15, -0.1) is 0 Å². The lowest BCUT2D eigenvalue weighted by Crippen LogP contribution is -1.91. The number of rotatable bonds is 2. The van der Waals surface area contributed by atoms with Crippen LogP contribution in [0.4, 0.5) is 0 Å². The van der Waals surface area contributed by atoms with Crippen LogP contribution in [0.1, 0.15) is 19.4 Å². The van der Waals surface area contributed by atoms with Gasteiger partial charge in [0.05, 0.1) is 0 Å². The van der Waals surface area contributed by atoms with Gasteiger partial charge >= 0.3 is 0 Å². The molecule has 0 aromatic heterocycles. The van der Waals surface area contributed by atoms with Crippen molar-refractivity contribution in [1.82, 2.24) is 0 Å². The van der Waals surface area contributed by atoms with Crippen molar-refractivity contribution in [2.45, 2.75) is 13.8 Å². The summed E-state index contributed by atoms with van der Waals surface area (Å²) in [5, 5.41) is 0. The average Bonchev–Trinajstić information content (AvgIpc) is 1.94. The molecule has 0 nitrogen and oxygen atoms in total. The van der Waals surface area contributed by atoms with E-state index >= 15 is 0 Å². The average molecular weight is 291 g/mol. The normalized spacial score (nSPS) is 10.8. The predicted octanol–water partition coefficient (Wildman–Crippen LogP) is 4.42. The van der Waals surface area contributed by atoms with Crippen LogP contribution >= 0.6 is 31.9 Å². The molecule has 2 heteroatoms. The molecule has 0 bridgehead atoms. The Morgan fingerprint density at radius 3 is 2.42 bits per heavy atom. The zero-order valence-electron chi connectivity index (χ0n) is 7.14. The monoisotopic (exact) mass is 289 g/mol. The van der Waals surface area contributed by atoms with E-state index in [1.54, 1.807) is 0 Å². The Hall–Kier alpha value is 0.180. The SMILES string of the molecule is CC(C)[CH]c1ccc(Br)cc1Br. The summed E-state index contributed by atoms with van der Waals surface area (Å²) in [5.74, 6) is 0.586. The quantitative estimate of drug-likeness (QED) is 0.756. The van der Waals surface area contributed by atoms with Crippen molar-refractivity contribution < 1.29 is 0 Å². The van der Waals surface area contributed by atoms with Gasteiger partial charge in [-0.2, -0.15) is 0 Å². The highest BCUT2D eigenvalue weighted by atomic mass is 79.9. The zero-order valence-corrected chi connectivity index (χ0v) is 10.3. The molecule has 0 spiro atoms. The Balaban J connectivity index is 2.86. The zero-order chi connectivity index (χ0) is 9.14. The molecule has 1 aromatic rings. The first-order chi connectivity index (χ1) is 5.59. The van der Waals surface area contributed by atoms with Crippen LogP contribution in [0.2, 0.25) is 0 Å². The van der Waals surface area contributed by atoms with Crippen LogP contribution in [-0.4, -0.2) is 0 Å². The summed E-state index contributed by atoms with van der Waals surface area (Å²) in [6.07, 6.45) is 2.23. The van der Waals surface area contributed by atoms with Crippen LogP contribution in [-0.2, 0) is 0 Å². The van der Waals surface area contributed by atoms with Crippen molar-refractivity contribution in [2.75, 3.05) is 0 Å². The van der Waals surface area contributed by atoms with Gasteiger partial charge in [-0.25, -0.2) is 0 Å². The fourth-order valence-corrected chi connectivity index (χ4v) is 2.18. The molecule has 0 unspecified atom stereocenters. The molecule has 0 aliphatic heterocycles. The molecule has 65 valence electrons. The van der Waals surface area contributed by atoms with E-state index in [4.69, 9.17) is 0 Å². The summed E-state index contributed by atoms with van der Waals surface area (Å²) in [5.41, 5.74) is 1.26. The first kappa shape index (κ1) is 10.3. The van der Waals surface area contributed by atoms with Gasteiger partial charge in [0.1, 0.15) is 0 Å². The Kier molecular flexibility index (Phi) is 3.78. The lowest BCUT2D eigenvalue weighted by molar-refractivity contribution is 0.775.